The first-order valence-electron chi connectivity index (χ1n) is 10.3. The minimum Gasteiger partial charge on any atom is -0.451 e. The Kier molecular flexibility index (Phi) is 4.45. The van der Waals surface area contributed by atoms with Crippen molar-refractivity contribution < 1.29 is 14.3 Å². The fourth-order valence-corrected chi connectivity index (χ4v) is 4.91. The maximum atomic E-state index is 12.8. The fourth-order valence-electron chi connectivity index (χ4n) is 4.91. The van der Waals surface area contributed by atoms with Crippen LogP contribution in [-0.4, -0.2) is 41.0 Å². The molecule has 2 aromatic rings. The number of aromatic nitrogens is 2. The molecule has 1 amide bonds. The molecule has 5 rings (SSSR count). The van der Waals surface area contributed by atoms with Gasteiger partial charge in [0.05, 0.1) is 5.56 Å². The predicted octanol–water partition coefficient (Wildman–Crippen LogP) is 2.43. The van der Waals surface area contributed by atoms with E-state index in [1.165, 1.54) is 0 Å². The fraction of sp³-hybridized carbons (Fsp3) is 0.455. The Balaban J connectivity index is 1.18. The first-order chi connectivity index (χ1) is 14.1. The van der Waals surface area contributed by atoms with E-state index in [1.807, 2.05) is 24.3 Å². The van der Waals surface area contributed by atoms with Crippen LogP contribution in [0.25, 0.3) is 0 Å². The van der Waals surface area contributed by atoms with Crippen LogP contribution in [0, 0.1) is 5.92 Å². The summed E-state index contributed by atoms with van der Waals surface area (Å²) in [5, 5.41) is 3.23. The van der Waals surface area contributed by atoms with Crippen LogP contribution in [0.2, 0.25) is 0 Å². The first kappa shape index (κ1) is 18.1. The molecule has 150 valence electrons. The Bertz CT molecular complexity index is 925. The Morgan fingerprint density at radius 3 is 2.83 bits per heavy atom. The SMILES string of the molecule is O=C1O[C@]2(CC[C@H](C(=O)N[C@H]3CCN(c4ccccn4)C3)CC2)c2ccncc21. The number of pyridine rings is 2. The van der Waals surface area contributed by atoms with E-state index >= 15 is 0 Å². The summed E-state index contributed by atoms with van der Waals surface area (Å²) >= 11 is 0. The van der Waals surface area contributed by atoms with Crippen LogP contribution in [-0.2, 0) is 15.1 Å². The molecule has 1 saturated carbocycles. The number of carbonyl (C=O) groups is 2. The van der Waals surface area contributed by atoms with E-state index < -0.39 is 5.60 Å². The molecule has 2 fully saturated rings. The molecular formula is C22H24N4O3. The van der Waals surface area contributed by atoms with Crippen LogP contribution in [0.15, 0.2) is 42.9 Å². The number of anilines is 1. The zero-order valence-corrected chi connectivity index (χ0v) is 16.2. The van der Waals surface area contributed by atoms with Crippen molar-refractivity contribution >= 4 is 17.7 Å². The number of fused-ring (bicyclic) bond motifs is 2. The number of carbonyl (C=O) groups excluding carboxylic acids is 2. The maximum absolute atomic E-state index is 12.8. The number of hydrogen-bond acceptors (Lipinski definition) is 6. The summed E-state index contributed by atoms with van der Waals surface area (Å²) in [7, 11) is 0. The topological polar surface area (TPSA) is 84.4 Å². The summed E-state index contributed by atoms with van der Waals surface area (Å²) in [6.07, 6.45) is 8.81. The van der Waals surface area contributed by atoms with Gasteiger partial charge in [-0.3, -0.25) is 9.78 Å². The lowest BCUT2D eigenvalue weighted by molar-refractivity contribution is -0.128. The highest BCUT2D eigenvalue weighted by atomic mass is 16.6. The average molecular weight is 392 g/mol. The minimum atomic E-state index is -0.574. The van der Waals surface area contributed by atoms with Crippen molar-refractivity contribution in [2.24, 2.45) is 5.92 Å². The third-order valence-electron chi connectivity index (χ3n) is 6.49. The van der Waals surface area contributed by atoms with Gasteiger partial charge in [0.1, 0.15) is 11.4 Å². The number of hydrogen-bond donors (Lipinski definition) is 1. The zero-order chi connectivity index (χ0) is 19.8. The molecule has 4 heterocycles. The molecular weight excluding hydrogens is 368 g/mol. The van der Waals surface area contributed by atoms with Crippen molar-refractivity contribution in [1.29, 1.82) is 0 Å². The standard InChI is InChI=1S/C22H24N4O3/c27-20(25-16-7-12-26(14-16)19-3-1-2-10-24-19)15-4-8-22(9-5-15)18-6-11-23-13-17(18)21(28)29-22/h1-3,6,10-11,13,15-16H,4-5,7-9,12,14H2,(H,25,27)/t15-,16-,22-/m0/s1. The Morgan fingerprint density at radius 1 is 1.17 bits per heavy atom. The number of esters is 1. The summed E-state index contributed by atoms with van der Waals surface area (Å²) in [6, 6.07) is 7.92. The summed E-state index contributed by atoms with van der Waals surface area (Å²) < 4.78 is 5.76. The lowest BCUT2D eigenvalue weighted by atomic mass is 9.75. The van der Waals surface area contributed by atoms with Crippen LogP contribution in [0.3, 0.4) is 0 Å². The van der Waals surface area contributed by atoms with Gasteiger partial charge in [0, 0.05) is 49.2 Å². The van der Waals surface area contributed by atoms with E-state index in [9.17, 15) is 9.59 Å². The zero-order valence-electron chi connectivity index (χ0n) is 16.2. The summed E-state index contributed by atoms with van der Waals surface area (Å²) in [4.78, 5) is 35.7. The quantitative estimate of drug-likeness (QED) is 0.808. The number of nitrogens with one attached hydrogen (secondary N) is 1. The number of rotatable bonds is 3. The van der Waals surface area contributed by atoms with Crippen molar-refractivity contribution in [3.05, 3.63) is 54.0 Å². The third-order valence-corrected chi connectivity index (χ3v) is 6.49. The molecule has 1 atom stereocenters. The highest BCUT2D eigenvalue weighted by molar-refractivity contribution is 5.94. The third kappa shape index (κ3) is 3.24. The van der Waals surface area contributed by atoms with Gasteiger partial charge in [-0.05, 0) is 50.3 Å². The maximum Gasteiger partial charge on any atom is 0.341 e. The van der Waals surface area contributed by atoms with Crippen LogP contribution >= 0.6 is 0 Å². The van der Waals surface area contributed by atoms with E-state index in [-0.39, 0.29) is 23.8 Å². The normalized spacial score (nSPS) is 28.3. The van der Waals surface area contributed by atoms with E-state index in [1.54, 1.807) is 18.6 Å². The summed E-state index contributed by atoms with van der Waals surface area (Å²) in [6.45, 7) is 1.69. The molecule has 0 bridgehead atoms. The van der Waals surface area contributed by atoms with Crippen molar-refractivity contribution in [2.45, 2.75) is 43.7 Å². The average Bonchev–Trinajstić information content (AvgIpc) is 3.33. The van der Waals surface area contributed by atoms with Crippen LogP contribution in [0.5, 0.6) is 0 Å². The lowest BCUT2D eigenvalue weighted by Crippen LogP contribution is -2.43. The smallest absolute Gasteiger partial charge is 0.341 e. The summed E-state index contributed by atoms with van der Waals surface area (Å²) in [5.41, 5.74) is 0.920. The van der Waals surface area contributed by atoms with Crippen molar-refractivity contribution in [2.75, 3.05) is 18.0 Å². The van der Waals surface area contributed by atoms with Gasteiger partial charge in [0.25, 0.3) is 0 Å². The van der Waals surface area contributed by atoms with E-state index in [4.69, 9.17) is 4.74 Å². The van der Waals surface area contributed by atoms with Crippen molar-refractivity contribution in [3.8, 4) is 0 Å². The monoisotopic (exact) mass is 392 g/mol. The molecule has 2 aliphatic heterocycles. The Morgan fingerprint density at radius 2 is 2.03 bits per heavy atom. The molecule has 29 heavy (non-hydrogen) atoms. The molecule has 0 unspecified atom stereocenters. The molecule has 1 aliphatic carbocycles. The number of nitrogens with zero attached hydrogens (tertiary/aromatic N) is 3. The lowest BCUT2D eigenvalue weighted by Gasteiger charge is -2.36. The van der Waals surface area contributed by atoms with Crippen LogP contribution in [0.1, 0.15) is 48.0 Å². The second-order valence-electron chi connectivity index (χ2n) is 8.21. The number of amides is 1. The van der Waals surface area contributed by atoms with Gasteiger partial charge in [-0.25, -0.2) is 9.78 Å². The molecule has 0 aromatic carbocycles. The van der Waals surface area contributed by atoms with Gasteiger partial charge >= 0.3 is 5.97 Å². The van der Waals surface area contributed by atoms with Crippen LogP contribution < -0.4 is 10.2 Å². The molecule has 2 aromatic heterocycles. The predicted molar refractivity (Wildman–Crippen MR) is 106 cm³/mol. The van der Waals surface area contributed by atoms with Crippen LogP contribution in [0.4, 0.5) is 5.82 Å². The highest BCUT2D eigenvalue weighted by Gasteiger charge is 2.48. The van der Waals surface area contributed by atoms with Crippen molar-refractivity contribution in [1.82, 2.24) is 15.3 Å². The molecule has 3 aliphatic rings. The van der Waals surface area contributed by atoms with E-state index in [2.05, 4.69) is 20.2 Å². The highest BCUT2D eigenvalue weighted by Crippen LogP contribution is 2.47. The van der Waals surface area contributed by atoms with Gasteiger partial charge in [0.15, 0.2) is 0 Å². The van der Waals surface area contributed by atoms with Gasteiger partial charge in [-0.1, -0.05) is 6.07 Å². The van der Waals surface area contributed by atoms with Gasteiger partial charge in [-0.15, -0.1) is 0 Å². The first-order valence-corrected chi connectivity index (χ1v) is 10.3. The molecule has 1 saturated heterocycles. The summed E-state index contributed by atoms with van der Waals surface area (Å²) in [5.74, 6) is 0.748. The molecule has 7 heteroatoms. The van der Waals surface area contributed by atoms with E-state index in [0.29, 0.717) is 18.4 Å². The molecule has 7 nitrogen and oxygen atoms in total. The van der Waals surface area contributed by atoms with Gasteiger partial charge in [0.2, 0.25) is 5.91 Å². The van der Waals surface area contributed by atoms with Crippen molar-refractivity contribution in [3.63, 3.8) is 0 Å². The molecule has 1 N–H and O–H groups in total. The van der Waals surface area contributed by atoms with E-state index in [0.717, 1.165) is 43.7 Å². The number of ether oxygens (including phenoxy) is 1. The Labute approximate surface area is 169 Å². The largest absolute Gasteiger partial charge is 0.451 e. The molecule has 1 spiro atoms. The molecule has 0 radical (unpaired) electrons. The van der Waals surface area contributed by atoms with Gasteiger partial charge < -0.3 is 15.0 Å². The van der Waals surface area contributed by atoms with Gasteiger partial charge in [-0.2, -0.15) is 0 Å². The second kappa shape index (κ2) is 7.13. The second-order valence-corrected chi connectivity index (χ2v) is 8.21. The minimum absolute atomic E-state index is 0.0332. The Hall–Kier alpha value is -2.96.